The van der Waals surface area contributed by atoms with Crippen molar-refractivity contribution < 1.29 is 0 Å². The van der Waals surface area contributed by atoms with Crippen LogP contribution in [0, 0.1) is 0 Å². The van der Waals surface area contributed by atoms with Crippen LogP contribution in [0.3, 0.4) is 0 Å². The first kappa shape index (κ1) is 13.3. The van der Waals surface area contributed by atoms with Crippen molar-refractivity contribution in [3.05, 3.63) is 50.3 Å². The molecule has 0 saturated carbocycles. The van der Waals surface area contributed by atoms with Crippen LogP contribution in [-0.2, 0) is 20.0 Å². The molecule has 5 nitrogen and oxygen atoms in total. The van der Waals surface area contributed by atoms with Crippen LogP contribution in [-0.4, -0.2) is 16.3 Å². The topological polar surface area (TPSA) is 59.0 Å². The summed E-state index contributed by atoms with van der Waals surface area (Å²) in [5, 5.41) is 10.7. The van der Waals surface area contributed by atoms with Crippen molar-refractivity contribution in [3.8, 4) is 0 Å². The van der Waals surface area contributed by atoms with E-state index in [9.17, 15) is 4.79 Å². The number of fused-ring (bicyclic) bond motifs is 1. The van der Waals surface area contributed by atoms with Crippen LogP contribution in [0.4, 0.5) is 11.4 Å². The zero-order chi connectivity index (χ0) is 14.1. The van der Waals surface area contributed by atoms with Gasteiger partial charge in [0.1, 0.15) is 4.47 Å². The monoisotopic (exact) mass is 334 g/mol. The van der Waals surface area contributed by atoms with Gasteiger partial charge in [-0.25, -0.2) is 4.68 Å². The lowest BCUT2D eigenvalue weighted by molar-refractivity contribution is 0.645. The van der Waals surface area contributed by atoms with E-state index in [0.717, 1.165) is 25.2 Å². The summed E-state index contributed by atoms with van der Waals surface area (Å²) in [5.74, 6) is 0. The van der Waals surface area contributed by atoms with Gasteiger partial charge in [0.15, 0.2) is 0 Å². The number of aromatic nitrogens is 2. The first-order valence-electron chi connectivity index (χ1n) is 6.47. The number of hydrogen-bond acceptors (Lipinski definition) is 4. The molecule has 0 fully saturated rings. The molecule has 2 heterocycles. The van der Waals surface area contributed by atoms with Gasteiger partial charge < -0.3 is 10.6 Å². The third-order valence-electron chi connectivity index (χ3n) is 3.49. The highest BCUT2D eigenvalue weighted by atomic mass is 79.9. The number of aryl methyl sites for hydroxylation is 1. The quantitative estimate of drug-likeness (QED) is 0.881. The van der Waals surface area contributed by atoms with Crippen molar-refractivity contribution in [2.24, 2.45) is 7.05 Å². The van der Waals surface area contributed by atoms with E-state index in [-0.39, 0.29) is 5.56 Å². The summed E-state index contributed by atoms with van der Waals surface area (Å²) < 4.78 is 1.81. The molecule has 0 saturated heterocycles. The first-order valence-corrected chi connectivity index (χ1v) is 7.26. The zero-order valence-corrected chi connectivity index (χ0v) is 12.7. The van der Waals surface area contributed by atoms with Crippen LogP contribution in [0.25, 0.3) is 0 Å². The fourth-order valence-corrected chi connectivity index (χ4v) is 2.85. The van der Waals surface area contributed by atoms with E-state index < -0.39 is 0 Å². The maximum atomic E-state index is 11.9. The molecule has 6 heteroatoms. The second-order valence-corrected chi connectivity index (χ2v) is 5.59. The van der Waals surface area contributed by atoms with E-state index in [0.29, 0.717) is 10.2 Å². The average Bonchev–Trinajstić information content (AvgIpc) is 2.48. The Hall–Kier alpha value is -1.66. The van der Waals surface area contributed by atoms with Gasteiger partial charge in [-0.2, -0.15) is 5.10 Å². The van der Waals surface area contributed by atoms with E-state index in [4.69, 9.17) is 0 Å². The number of rotatable bonds is 2. The molecular formula is C14H15BrN4O. The lowest BCUT2D eigenvalue weighted by atomic mass is 9.99. The lowest BCUT2D eigenvalue weighted by Gasteiger charge is -2.21. The van der Waals surface area contributed by atoms with E-state index in [1.807, 2.05) is 12.1 Å². The fraction of sp³-hybridized carbons (Fsp3) is 0.286. The molecule has 2 N–H and O–H groups in total. The molecule has 1 aromatic carbocycles. The van der Waals surface area contributed by atoms with Gasteiger partial charge >= 0.3 is 0 Å². The van der Waals surface area contributed by atoms with Crippen molar-refractivity contribution in [1.82, 2.24) is 15.1 Å². The van der Waals surface area contributed by atoms with E-state index >= 15 is 0 Å². The molecule has 0 atom stereocenters. The summed E-state index contributed by atoms with van der Waals surface area (Å²) in [6.45, 7) is 1.86. The molecule has 3 rings (SSSR count). The maximum absolute atomic E-state index is 11.9. The van der Waals surface area contributed by atoms with Crippen molar-refractivity contribution in [2.75, 3.05) is 11.9 Å². The third kappa shape index (κ3) is 2.36. The smallest absolute Gasteiger partial charge is 0.282 e. The molecule has 0 bridgehead atoms. The minimum atomic E-state index is -0.151. The minimum absolute atomic E-state index is 0.151. The van der Waals surface area contributed by atoms with E-state index in [1.165, 1.54) is 15.8 Å². The molecular weight excluding hydrogens is 320 g/mol. The Bertz CT molecular complexity index is 711. The van der Waals surface area contributed by atoms with Crippen LogP contribution in [0.15, 0.2) is 33.7 Å². The number of nitrogens with one attached hydrogen (secondary N) is 2. The number of nitrogens with zero attached hydrogens (tertiary/aromatic N) is 2. The molecule has 0 unspecified atom stereocenters. The summed E-state index contributed by atoms with van der Waals surface area (Å²) in [4.78, 5) is 11.9. The second-order valence-electron chi connectivity index (χ2n) is 4.80. The van der Waals surface area contributed by atoms with Crippen molar-refractivity contribution in [3.63, 3.8) is 0 Å². The lowest BCUT2D eigenvalue weighted by Crippen LogP contribution is -2.24. The van der Waals surface area contributed by atoms with Gasteiger partial charge in [-0.3, -0.25) is 4.79 Å². The van der Waals surface area contributed by atoms with Crippen LogP contribution < -0.4 is 16.2 Å². The Labute approximate surface area is 125 Å². The standard InChI is InChI=1S/C14H15BrN4O/c1-19-14(20)13(15)12(8-17-19)18-11-4-2-3-9-7-16-6-5-10(9)11/h2-4,8,16,18H,5-7H2,1H3. The third-order valence-corrected chi connectivity index (χ3v) is 4.25. The van der Waals surface area contributed by atoms with Crippen LogP contribution in [0.2, 0.25) is 0 Å². The SMILES string of the molecule is Cn1ncc(Nc2cccc3c2CCNC3)c(Br)c1=O. The first-order chi connectivity index (χ1) is 9.66. The summed E-state index contributed by atoms with van der Waals surface area (Å²) in [7, 11) is 1.63. The van der Waals surface area contributed by atoms with Gasteiger partial charge in [0.2, 0.25) is 0 Å². The average molecular weight is 335 g/mol. The highest BCUT2D eigenvalue weighted by Crippen LogP contribution is 2.28. The largest absolute Gasteiger partial charge is 0.353 e. The number of hydrogen-bond donors (Lipinski definition) is 2. The number of halogens is 1. The van der Waals surface area contributed by atoms with Crippen LogP contribution in [0.1, 0.15) is 11.1 Å². The zero-order valence-electron chi connectivity index (χ0n) is 11.1. The fourth-order valence-electron chi connectivity index (χ4n) is 2.39. The molecule has 1 aromatic heterocycles. The Morgan fingerprint density at radius 3 is 3.10 bits per heavy atom. The highest BCUT2D eigenvalue weighted by Gasteiger charge is 2.14. The Kier molecular flexibility index (Phi) is 3.58. The van der Waals surface area contributed by atoms with Crippen LogP contribution in [0.5, 0.6) is 0 Å². The van der Waals surface area contributed by atoms with Crippen molar-refractivity contribution in [2.45, 2.75) is 13.0 Å². The van der Waals surface area contributed by atoms with E-state index in [2.05, 4.69) is 37.7 Å². The summed E-state index contributed by atoms with van der Waals surface area (Å²) in [6.07, 6.45) is 2.64. The minimum Gasteiger partial charge on any atom is -0.353 e. The van der Waals surface area contributed by atoms with Gasteiger partial charge in [0, 0.05) is 19.3 Å². The number of benzene rings is 1. The van der Waals surface area contributed by atoms with E-state index in [1.54, 1.807) is 13.2 Å². The maximum Gasteiger partial charge on any atom is 0.282 e. The summed E-state index contributed by atoms with van der Waals surface area (Å²) in [5.41, 5.74) is 4.19. The van der Waals surface area contributed by atoms with Gasteiger partial charge in [-0.05, 0) is 46.1 Å². The Morgan fingerprint density at radius 1 is 1.40 bits per heavy atom. The Balaban J connectivity index is 2.00. The molecule has 0 aliphatic carbocycles. The predicted molar refractivity (Wildman–Crippen MR) is 82.3 cm³/mol. The molecule has 2 aromatic rings. The van der Waals surface area contributed by atoms with Crippen molar-refractivity contribution >= 4 is 27.3 Å². The van der Waals surface area contributed by atoms with Gasteiger partial charge in [0.25, 0.3) is 5.56 Å². The molecule has 0 radical (unpaired) electrons. The normalized spacial score (nSPS) is 13.9. The van der Waals surface area contributed by atoms with Crippen molar-refractivity contribution in [1.29, 1.82) is 0 Å². The predicted octanol–water partition coefficient (Wildman–Crippen LogP) is 1.93. The molecule has 0 amide bonds. The van der Waals surface area contributed by atoms with Gasteiger partial charge in [0.05, 0.1) is 11.9 Å². The van der Waals surface area contributed by atoms with Gasteiger partial charge in [-0.1, -0.05) is 12.1 Å². The summed E-state index contributed by atoms with van der Waals surface area (Å²) in [6, 6.07) is 6.19. The second kappa shape index (κ2) is 5.38. The molecule has 104 valence electrons. The highest BCUT2D eigenvalue weighted by molar-refractivity contribution is 9.10. The Morgan fingerprint density at radius 2 is 2.25 bits per heavy atom. The van der Waals surface area contributed by atoms with Gasteiger partial charge in [-0.15, -0.1) is 0 Å². The molecule has 1 aliphatic rings. The van der Waals surface area contributed by atoms with Crippen LogP contribution >= 0.6 is 15.9 Å². The molecule has 20 heavy (non-hydrogen) atoms. The summed E-state index contributed by atoms with van der Waals surface area (Å²) >= 11 is 3.34. The number of anilines is 2. The molecule has 0 spiro atoms. The molecule has 1 aliphatic heterocycles.